The highest BCUT2D eigenvalue weighted by Gasteiger charge is 2.36. The van der Waals surface area contributed by atoms with E-state index in [9.17, 15) is 4.79 Å². The van der Waals surface area contributed by atoms with Gasteiger partial charge in [0.25, 0.3) is 5.91 Å². The van der Waals surface area contributed by atoms with Crippen LogP contribution in [0.1, 0.15) is 36.5 Å². The minimum atomic E-state index is 0.0666. The van der Waals surface area contributed by atoms with E-state index in [4.69, 9.17) is 4.74 Å². The lowest BCUT2D eigenvalue weighted by molar-refractivity contribution is -0.0303. The minimum absolute atomic E-state index is 0.0666. The first-order chi connectivity index (χ1) is 9.78. The second-order valence-electron chi connectivity index (χ2n) is 5.52. The Morgan fingerprint density at radius 1 is 1.45 bits per heavy atom. The van der Waals surface area contributed by atoms with E-state index < -0.39 is 0 Å². The predicted molar refractivity (Wildman–Crippen MR) is 76.8 cm³/mol. The zero-order chi connectivity index (χ0) is 13.9. The first-order valence-electron chi connectivity index (χ1n) is 7.40. The van der Waals surface area contributed by atoms with Gasteiger partial charge in [0.2, 0.25) is 0 Å². The molecule has 1 aromatic rings. The summed E-state index contributed by atoms with van der Waals surface area (Å²) < 4.78 is 5.78. The second kappa shape index (κ2) is 5.79. The largest absolute Gasteiger partial charge is 0.384 e. The number of rotatable bonds is 4. The summed E-state index contributed by atoms with van der Waals surface area (Å²) in [6, 6.07) is 1.87. The lowest BCUT2D eigenvalue weighted by Crippen LogP contribution is -2.46. The third kappa shape index (κ3) is 2.63. The third-order valence-electron chi connectivity index (χ3n) is 3.95. The van der Waals surface area contributed by atoms with Crippen LogP contribution in [-0.4, -0.2) is 47.6 Å². The summed E-state index contributed by atoms with van der Waals surface area (Å²) in [4.78, 5) is 18.7. The van der Waals surface area contributed by atoms with Crippen LogP contribution < -0.4 is 5.32 Å². The first kappa shape index (κ1) is 13.4. The Hall–Kier alpha value is -1.62. The van der Waals surface area contributed by atoms with Crippen LogP contribution in [0.5, 0.6) is 0 Å². The van der Waals surface area contributed by atoms with Crippen molar-refractivity contribution in [2.75, 3.05) is 25.0 Å². The molecule has 1 aromatic heterocycles. The van der Waals surface area contributed by atoms with E-state index >= 15 is 0 Å². The molecule has 1 N–H and O–H groups in total. The molecule has 2 saturated heterocycles. The van der Waals surface area contributed by atoms with E-state index in [0.717, 1.165) is 31.5 Å². The Morgan fingerprint density at radius 2 is 2.20 bits per heavy atom. The molecule has 0 aromatic carbocycles. The second-order valence-corrected chi connectivity index (χ2v) is 5.52. The molecule has 2 bridgehead atoms. The van der Waals surface area contributed by atoms with Crippen molar-refractivity contribution in [1.82, 2.24) is 9.88 Å². The van der Waals surface area contributed by atoms with Gasteiger partial charge in [-0.25, -0.2) is 0 Å². The predicted octanol–water partition coefficient (Wildman–Crippen LogP) is 1.91. The first-order valence-corrected chi connectivity index (χ1v) is 7.40. The highest BCUT2D eigenvalue weighted by Crippen LogP contribution is 2.28. The molecule has 20 heavy (non-hydrogen) atoms. The van der Waals surface area contributed by atoms with Crippen LogP contribution in [0.4, 0.5) is 5.69 Å². The third-order valence-corrected chi connectivity index (χ3v) is 3.95. The summed E-state index contributed by atoms with van der Waals surface area (Å²) in [5.74, 6) is 0.0666. The SMILES string of the molecule is CCCNc1ccncc1C(=O)N1CC2CCC(C1)O2. The number of carbonyl (C=O) groups is 1. The van der Waals surface area contributed by atoms with Gasteiger partial charge in [0.1, 0.15) is 0 Å². The molecular formula is C15H21N3O2. The van der Waals surface area contributed by atoms with E-state index in [1.165, 1.54) is 0 Å². The summed E-state index contributed by atoms with van der Waals surface area (Å²) in [5.41, 5.74) is 1.55. The highest BCUT2D eigenvalue weighted by atomic mass is 16.5. The summed E-state index contributed by atoms with van der Waals surface area (Å²) in [5, 5.41) is 3.30. The number of carbonyl (C=O) groups excluding carboxylic acids is 1. The molecule has 2 aliphatic heterocycles. The number of pyridine rings is 1. The van der Waals surface area contributed by atoms with Crippen LogP contribution in [0.3, 0.4) is 0 Å². The molecule has 0 radical (unpaired) electrons. The van der Waals surface area contributed by atoms with Crippen LogP contribution in [0, 0.1) is 0 Å². The van der Waals surface area contributed by atoms with Crippen LogP contribution >= 0.6 is 0 Å². The standard InChI is InChI=1S/C15H21N3O2/c1-2-6-17-14-5-7-16-8-13(14)15(19)18-9-11-3-4-12(10-18)20-11/h5,7-8,11-12H,2-4,6,9-10H2,1H3,(H,16,17). The van der Waals surface area contributed by atoms with Gasteiger partial charge in [0, 0.05) is 32.0 Å². The summed E-state index contributed by atoms with van der Waals surface area (Å²) in [7, 11) is 0. The fraction of sp³-hybridized carbons (Fsp3) is 0.600. The molecule has 0 saturated carbocycles. The van der Waals surface area contributed by atoms with E-state index in [0.29, 0.717) is 18.7 Å². The Bertz CT molecular complexity index is 480. The number of hydrogen-bond donors (Lipinski definition) is 1. The molecule has 1 amide bonds. The lowest BCUT2D eigenvalue weighted by Gasteiger charge is -2.32. The van der Waals surface area contributed by atoms with Crippen molar-refractivity contribution in [2.24, 2.45) is 0 Å². The molecule has 108 valence electrons. The molecule has 2 atom stereocenters. The summed E-state index contributed by atoms with van der Waals surface area (Å²) >= 11 is 0. The van der Waals surface area contributed by atoms with Crippen molar-refractivity contribution < 1.29 is 9.53 Å². The lowest BCUT2D eigenvalue weighted by atomic mass is 10.1. The maximum absolute atomic E-state index is 12.7. The molecule has 3 heterocycles. The molecular weight excluding hydrogens is 254 g/mol. The molecule has 2 unspecified atom stereocenters. The van der Waals surface area contributed by atoms with E-state index in [1.54, 1.807) is 12.4 Å². The van der Waals surface area contributed by atoms with Crippen LogP contribution in [-0.2, 0) is 4.74 Å². The zero-order valence-corrected chi connectivity index (χ0v) is 11.8. The summed E-state index contributed by atoms with van der Waals surface area (Å²) in [6.07, 6.45) is 7.00. The average molecular weight is 275 g/mol. The normalized spacial score (nSPS) is 24.8. The van der Waals surface area contributed by atoms with E-state index in [2.05, 4.69) is 17.2 Å². The van der Waals surface area contributed by atoms with Crippen molar-refractivity contribution in [3.05, 3.63) is 24.0 Å². The fourth-order valence-corrected chi connectivity index (χ4v) is 2.93. The smallest absolute Gasteiger partial charge is 0.257 e. The van der Waals surface area contributed by atoms with Gasteiger partial charge in [-0.3, -0.25) is 9.78 Å². The van der Waals surface area contributed by atoms with E-state index in [-0.39, 0.29) is 18.1 Å². The van der Waals surface area contributed by atoms with Crippen LogP contribution in [0.2, 0.25) is 0 Å². The fourth-order valence-electron chi connectivity index (χ4n) is 2.93. The van der Waals surface area contributed by atoms with Crippen LogP contribution in [0.25, 0.3) is 0 Å². The van der Waals surface area contributed by atoms with Gasteiger partial charge in [-0.2, -0.15) is 0 Å². The number of nitrogens with zero attached hydrogens (tertiary/aromatic N) is 2. The maximum atomic E-state index is 12.7. The Labute approximate surface area is 119 Å². The number of anilines is 1. The Morgan fingerprint density at radius 3 is 2.90 bits per heavy atom. The quantitative estimate of drug-likeness (QED) is 0.912. The molecule has 5 nitrogen and oxygen atoms in total. The Kier molecular flexibility index (Phi) is 3.87. The van der Waals surface area contributed by atoms with E-state index in [1.807, 2.05) is 11.0 Å². The molecule has 0 aliphatic carbocycles. The molecule has 2 fully saturated rings. The van der Waals surface area contributed by atoms with Gasteiger partial charge in [-0.1, -0.05) is 6.92 Å². The Balaban J connectivity index is 1.76. The topological polar surface area (TPSA) is 54.5 Å². The van der Waals surface area contributed by atoms with Gasteiger partial charge in [0.15, 0.2) is 0 Å². The van der Waals surface area contributed by atoms with Crippen molar-refractivity contribution in [3.63, 3.8) is 0 Å². The number of hydrogen-bond acceptors (Lipinski definition) is 4. The van der Waals surface area contributed by atoms with Gasteiger partial charge in [-0.05, 0) is 25.3 Å². The number of amides is 1. The zero-order valence-electron chi connectivity index (χ0n) is 11.8. The van der Waals surface area contributed by atoms with Gasteiger partial charge < -0.3 is 15.0 Å². The average Bonchev–Trinajstić information content (AvgIpc) is 2.83. The maximum Gasteiger partial charge on any atom is 0.257 e. The molecule has 3 rings (SSSR count). The summed E-state index contributed by atoms with van der Waals surface area (Å²) in [6.45, 7) is 4.38. The number of fused-ring (bicyclic) bond motifs is 2. The van der Waals surface area contributed by atoms with Crippen LogP contribution in [0.15, 0.2) is 18.5 Å². The van der Waals surface area contributed by atoms with Gasteiger partial charge in [-0.15, -0.1) is 0 Å². The number of ether oxygens (including phenoxy) is 1. The minimum Gasteiger partial charge on any atom is -0.384 e. The molecule has 0 spiro atoms. The number of aromatic nitrogens is 1. The highest BCUT2D eigenvalue weighted by molar-refractivity contribution is 5.99. The monoisotopic (exact) mass is 275 g/mol. The van der Waals surface area contributed by atoms with Crippen molar-refractivity contribution in [3.8, 4) is 0 Å². The number of nitrogens with one attached hydrogen (secondary N) is 1. The van der Waals surface area contributed by atoms with Crippen molar-refractivity contribution in [1.29, 1.82) is 0 Å². The van der Waals surface area contributed by atoms with Gasteiger partial charge in [0.05, 0.1) is 23.5 Å². The van der Waals surface area contributed by atoms with Crippen molar-refractivity contribution >= 4 is 11.6 Å². The van der Waals surface area contributed by atoms with Gasteiger partial charge >= 0.3 is 0 Å². The van der Waals surface area contributed by atoms with Crippen molar-refractivity contribution in [2.45, 2.75) is 38.4 Å². The molecule has 5 heteroatoms. The number of morpholine rings is 1. The molecule has 2 aliphatic rings. The number of likely N-dealkylation sites (tertiary alicyclic amines) is 1.